The molecule has 0 aromatic rings. The van der Waals surface area contributed by atoms with Gasteiger partial charge in [0.05, 0.1) is 12.7 Å². The van der Waals surface area contributed by atoms with E-state index in [1.807, 2.05) is 0 Å². The summed E-state index contributed by atoms with van der Waals surface area (Å²) in [5.41, 5.74) is 0.453. The zero-order chi connectivity index (χ0) is 15.9. The minimum absolute atomic E-state index is 0.338. The maximum Gasteiger partial charge on any atom is 0.0596 e. The molecule has 1 saturated carbocycles. The van der Waals surface area contributed by atoms with Gasteiger partial charge in [-0.3, -0.25) is 0 Å². The van der Waals surface area contributed by atoms with E-state index in [4.69, 9.17) is 4.74 Å². The van der Waals surface area contributed by atoms with Crippen LogP contribution in [0.5, 0.6) is 0 Å². The molecular weight excluding hydrogens is 260 g/mol. The Morgan fingerprint density at radius 2 is 2.00 bits per heavy atom. The Morgan fingerprint density at radius 3 is 2.57 bits per heavy atom. The number of nitrogens with one attached hydrogen (secondary N) is 1. The highest BCUT2D eigenvalue weighted by atomic mass is 16.5. The van der Waals surface area contributed by atoms with Crippen LogP contribution in [0.4, 0.5) is 0 Å². The summed E-state index contributed by atoms with van der Waals surface area (Å²) in [7, 11) is 2.25. The van der Waals surface area contributed by atoms with Crippen LogP contribution in [0.3, 0.4) is 0 Å². The summed E-state index contributed by atoms with van der Waals surface area (Å²) >= 11 is 0. The molecule has 1 fully saturated rings. The van der Waals surface area contributed by atoms with Gasteiger partial charge in [-0.05, 0) is 45.1 Å². The molecule has 0 saturated heterocycles. The van der Waals surface area contributed by atoms with E-state index in [0.29, 0.717) is 17.6 Å². The van der Waals surface area contributed by atoms with Crippen molar-refractivity contribution in [1.82, 2.24) is 10.2 Å². The minimum Gasteiger partial charge on any atom is -0.377 e. The number of nitrogens with zero attached hydrogens (tertiary/aromatic N) is 1. The van der Waals surface area contributed by atoms with E-state index in [2.05, 4.69) is 51.9 Å². The van der Waals surface area contributed by atoms with Crippen LogP contribution in [-0.4, -0.2) is 50.3 Å². The number of hydrogen-bond acceptors (Lipinski definition) is 3. The highest BCUT2D eigenvalue weighted by Gasteiger charge is 2.35. The second-order valence-corrected chi connectivity index (χ2v) is 7.89. The molecule has 2 atom stereocenters. The average molecular weight is 299 g/mol. The second-order valence-electron chi connectivity index (χ2n) is 7.89. The van der Waals surface area contributed by atoms with E-state index in [1.54, 1.807) is 0 Å². The van der Waals surface area contributed by atoms with Gasteiger partial charge in [0.2, 0.25) is 0 Å². The van der Waals surface area contributed by atoms with Crippen molar-refractivity contribution in [3.05, 3.63) is 0 Å². The Hall–Kier alpha value is -0.120. The lowest BCUT2D eigenvalue weighted by Gasteiger charge is -2.43. The summed E-state index contributed by atoms with van der Waals surface area (Å²) in [4.78, 5) is 2.47. The van der Waals surface area contributed by atoms with Crippen molar-refractivity contribution in [2.45, 2.75) is 72.4 Å². The van der Waals surface area contributed by atoms with Gasteiger partial charge >= 0.3 is 0 Å². The molecule has 3 heteroatoms. The average Bonchev–Trinajstić information content (AvgIpc) is 2.36. The summed E-state index contributed by atoms with van der Waals surface area (Å²) in [6.45, 7) is 15.4. The van der Waals surface area contributed by atoms with Gasteiger partial charge in [-0.25, -0.2) is 0 Å². The van der Waals surface area contributed by atoms with Crippen LogP contribution in [0.2, 0.25) is 0 Å². The normalized spacial score (nSPS) is 27.0. The van der Waals surface area contributed by atoms with Gasteiger partial charge in [0.15, 0.2) is 0 Å². The number of hydrogen-bond donors (Lipinski definition) is 1. The monoisotopic (exact) mass is 298 g/mol. The van der Waals surface area contributed by atoms with Gasteiger partial charge in [0, 0.05) is 25.7 Å². The van der Waals surface area contributed by atoms with E-state index in [1.165, 1.54) is 32.2 Å². The molecule has 1 N–H and O–H groups in total. The Labute approximate surface area is 132 Å². The number of likely N-dealkylation sites (N-methyl/N-ethyl adjacent to an activating group) is 1. The molecule has 0 radical (unpaired) electrons. The van der Waals surface area contributed by atoms with E-state index >= 15 is 0 Å². The predicted molar refractivity (Wildman–Crippen MR) is 91.8 cm³/mol. The maximum absolute atomic E-state index is 5.70. The summed E-state index contributed by atoms with van der Waals surface area (Å²) < 4.78 is 5.70. The summed E-state index contributed by atoms with van der Waals surface area (Å²) in [5, 5.41) is 3.70. The first kappa shape index (κ1) is 18.9. The minimum atomic E-state index is 0.338. The van der Waals surface area contributed by atoms with Crippen LogP contribution in [-0.2, 0) is 4.74 Å². The SMILES string of the molecule is CC1CCCC(CNC(C)C)(CN(C)CCOC(C)C)C1. The number of rotatable bonds is 9. The van der Waals surface area contributed by atoms with Crippen LogP contribution >= 0.6 is 0 Å². The third-order valence-electron chi connectivity index (χ3n) is 4.60. The van der Waals surface area contributed by atoms with E-state index in [-0.39, 0.29) is 0 Å². The van der Waals surface area contributed by atoms with Gasteiger partial charge in [-0.15, -0.1) is 0 Å². The quantitative estimate of drug-likeness (QED) is 0.704. The lowest BCUT2D eigenvalue weighted by molar-refractivity contribution is 0.0418. The highest BCUT2D eigenvalue weighted by Crippen LogP contribution is 2.39. The Balaban J connectivity index is 2.51. The predicted octanol–water partition coefficient (Wildman–Crippen LogP) is 3.54. The van der Waals surface area contributed by atoms with E-state index in [0.717, 1.165) is 25.6 Å². The van der Waals surface area contributed by atoms with Crippen molar-refractivity contribution in [2.24, 2.45) is 11.3 Å². The van der Waals surface area contributed by atoms with Gasteiger partial charge < -0.3 is 15.0 Å². The van der Waals surface area contributed by atoms with Crippen LogP contribution in [0, 0.1) is 11.3 Å². The fraction of sp³-hybridized carbons (Fsp3) is 1.00. The Morgan fingerprint density at radius 1 is 1.29 bits per heavy atom. The summed E-state index contributed by atoms with van der Waals surface area (Å²) in [6, 6.07) is 0.577. The molecule has 21 heavy (non-hydrogen) atoms. The molecule has 126 valence electrons. The van der Waals surface area contributed by atoms with Crippen molar-refractivity contribution in [1.29, 1.82) is 0 Å². The lowest BCUT2D eigenvalue weighted by atomic mass is 9.69. The standard InChI is InChI=1S/C18H38N2O/c1-15(2)19-13-18(9-7-8-17(5)12-18)14-20(6)10-11-21-16(3)4/h15-17,19H,7-14H2,1-6H3. The molecule has 0 spiro atoms. The third kappa shape index (κ3) is 7.62. The van der Waals surface area contributed by atoms with Gasteiger partial charge in [0.25, 0.3) is 0 Å². The highest BCUT2D eigenvalue weighted by molar-refractivity contribution is 4.89. The van der Waals surface area contributed by atoms with Crippen molar-refractivity contribution in [2.75, 3.05) is 33.3 Å². The van der Waals surface area contributed by atoms with Crippen LogP contribution in [0.15, 0.2) is 0 Å². The fourth-order valence-electron chi connectivity index (χ4n) is 3.65. The Kier molecular flexibility index (Phi) is 8.22. The molecule has 0 aliphatic heterocycles. The van der Waals surface area contributed by atoms with Gasteiger partial charge in [-0.2, -0.15) is 0 Å². The summed E-state index contributed by atoms with van der Waals surface area (Å²) in [6.07, 6.45) is 5.86. The van der Waals surface area contributed by atoms with Crippen molar-refractivity contribution in [3.63, 3.8) is 0 Å². The molecule has 0 aromatic heterocycles. The van der Waals surface area contributed by atoms with Crippen molar-refractivity contribution in [3.8, 4) is 0 Å². The van der Waals surface area contributed by atoms with Crippen molar-refractivity contribution < 1.29 is 4.74 Å². The van der Waals surface area contributed by atoms with Crippen LogP contribution in [0.1, 0.15) is 60.3 Å². The zero-order valence-corrected chi connectivity index (χ0v) is 15.2. The number of ether oxygens (including phenoxy) is 1. The molecule has 1 rings (SSSR count). The molecular formula is C18H38N2O. The van der Waals surface area contributed by atoms with Gasteiger partial charge in [-0.1, -0.05) is 33.6 Å². The maximum atomic E-state index is 5.70. The first-order valence-electron chi connectivity index (χ1n) is 8.86. The molecule has 0 bridgehead atoms. The second kappa shape index (κ2) is 9.12. The summed E-state index contributed by atoms with van der Waals surface area (Å²) in [5.74, 6) is 0.869. The van der Waals surface area contributed by atoms with Crippen LogP contribution in [0.25, 0.3) is 0 Å². The molecule has 0 amide bonds. The van der Waals surface area contributed by atoms with Gasteiger partial charge in [0.1, 0.15) is 0 Å². The molecule has 3 nitrogen and oxygen atoms in total. The molecule has 1 aliphatic carbocycles. The van der Waals surface area contributed by atoms with Crippen molar-refractivity contribution >= 4 is 0 Å². The molecule has 1 aliphatic rings. The third-order valence-corrected chi connectivity index (χ3v) is 4.60. The topological polar surface area (TPSA) is 24.5 Å². The Bertz CT molecular complexity index is 280. The van der Waals surface area contributed by atoms with Crippen LogP contribution < -0.4 is 5.32 Å². The first-order chi connectivity index (χ1) is 9.83. The smallest absolute Gasteiger partial charge is 0.0596 e. The lowest BCUT2D eigenvalue weighted by Crippen LogP contribution is -2.47. The van der Waals surface area contributed by atoms with E-state index in [9.17, 15) is 0 Å². The zero-order valence-electron chi connectivity index (χ0n) is 15.2. The molecule has 0 heterocycles. The largest absolute Gasteiger partial charge is 0.377 e. The first-order valence-corrected chi connectivity index (χ1v) is 8.86. The fourth-order valence-corrected chi connectivity index (χ4v) is 3.65. The molecule has 2 unspecified atom stereocenters. The molecule has 0 aromatic carbocycles. The van der Waals surface area contributed by atoms with E-state index < -0.39 is 0 Å².